The van der Waals surface area contributed by atoms with E-state index in [1.807, 2.05) is 22.7 Å². The van der Waals surface area contributed by atoms with Gasteiger partial charge in [-0.05, 0) is 169 Å². The topological polar surface area (TPSA) is 6.48 Å². The number of fused-ring (bicyclic) bond motifs is 16. The van der Waals surface area contributed by atoms with Crippen LogP contribution in [-0.2, 0) is 17.3 Å². The van der Waals surface area contributed by atoms with E-state index in [9.17, 15) is 0 Å². The fourth-order valence-corrected chi connectivity index (χ4v) is 18.0. The number of thiophene rings is 2. The van der Waals surface area contributed by atoms with Crippen molar-refractivity contribution < 1.29 is 0 Å². The number of benzene rings is 14. The second-order valence-corrected chi connectivity index (χ2v) is 27.5. The van der Waals surface area contributed by atoms with Crippen molar-refractivity contribution in [1.29, 1.82) is 0 Å². The lowest BCUT2D eigenvalue weighted by atomic mass is 9.75. The summed E-state index contributed by atoms with van der Waals surface area (Å²) in [5, 5.41) is 10.3. The molecule has 18 rings (SSSR count). The second-order valence-electron chi connectivity index (χ2n) is 25.4. The number of anilines is 6. The molecule has 0 fully saturated rings. The number of hydrogen-bond acceptors (Lipinski definition) is 4. The van der Waals surface area contributed by atoms with E-state index < -0.39 is 0 Å². The predicted octanol–water partition coefficient (Wildman–Crippen LogP) is 24.8. The van der Waals surface area contributed by atoms with E-state index in [-0.39, 0.29) is 10.8 Å². The van der Waals surface area contributed by atoms with Crippen molar-refractivity contribution in [2.24, 2.45) is 0 Å². The van der Waals surface area contributed by atoms with Crippen molar-refractivity contribution in [3.05, 3.63) is 325 Å². The van der Waals surface area contributed by atoms with Crippen molar-refractivity contribution >= 4 is 119 Å². The highest BCUT2D eigenvalue weighted by molar-refractivity contribution is 7.26. The fourth-order valence-electron chi connectivity index (χ4n) is 15.4. The van der Waals surface area contributed by atoms with Crippen molar-refractivity contribution in [3.63, 3.8) is 0 Å². The summed E-state index contributed by atoms with van der Waals surface area (Å²) in [4.78, 5) is 4.95. The van der Waals surface area contributed by atoms with Crippen LogP contribution in [0.15, 0.2) is 297 Å². The summed E-state index contributed by atoms with van der Waals surface area (Å²) < 4.78 is 5.31. The summed E-state index contributed by atoms with van der Waals surface area (Å²) in [6.45, 7) is 7.33. The quantitative estimate of drug-likeness (QED) is 0.135. The minimum Gasteiger partial charge on any atom is -0.310 e. The van der Waals surface area contributed by atoms with Gasteiger partial charge in [-0.2, -0.15) is 0 Å². The van der Waals surface area contributed by atoms with E-state index >= 15 is 0 Å². The summed E-state index contributed by atoms with van der Waals surface area (Å²) in [5.41, 5.74) is 23.4. The average molecular weight is 1190 g/mol. The van der Waals surface area contributed by atoms with Crippen molar-refractivity contribution in [2.75, 3.05) is 9.80 Å². The normalized spacial score (nSPS) is 14.6. The number of para-hydroxylation sites is 1. The van der Waals surface area contributed by atoms with Crippen molar-refractivity contribution in [2.45, 2.75) is 38.0 Å². The maximum atomic E-state index is 2.55. The molecule has 90 heavy (non-hydrogen) atoms. The first-order valence-electron chi connectivity index (χ1n) is 31.3. The summed E-state index contributed by atoms with van der Waals surface area (Å²) in [6.07, 6.45) is 0.830. The third-order valence-corrected chi connectivity index (χ3v) is 22.2. The van der Waals surface area contributed by atoms with Crippen LogP contribution in [0.1, 0.15) is 48.6 Å². The highest BCUT2D eigenvalue weighted by atomic mass is 32.1. The molecule has 1 atom stereocenters. The molecule has 4 heteroatoms. The van der Waals surface area contributed by atoms with Crippen LogP contribution >= 0.6 is 22.7 Å². The zero-order valence-corrected chi connectivity index (χ0v) is 51.8. The van der Waals surface area contributed by atoms with E-state index in [4.69, 9.17) is 0 Å². The number of rotatable bonds is 10. The van der Waals surface area contributed by atoms with Gasteiger partial charge in [0.1, 0.15) is 0 Å². The summed E-state index contributed by atoms with van der Waals surface area (Å²) in [7, 11) is 0. The van der Waals surface area contributed by atoms with Crippen molar-refractivity contribution in [1.82, 2.24) is 0 Å². The monoisotopic (exact) mass is 1180 g/mol. The molecule has 0 amide bonds. The van der Waals surface area contributed by atoms with Crippen LogP contribution < -0.4 is 9.80 Å². The highest BCUT2D eigenvalue weighted by Gasteiger charge is 2.42. The first-order chi connectivity index (χ1) is 44.2. The summed E-state index contributed by atoms with van der Waals surface area (Å²) >= 11 is 3.87. The van der Waals surface area contributed by atoms with E-state index in [1.165, 1.54) is 140 Å². The second kappa shape index (κ2) is 20.3. The molecule has 0 radical (unpaired) electrons. The molecule has 1 unspecified atom stereocenters. The Bertz CT molecular complexity index is 5580. The van der Waals surface area contributed by atoms with E-state index in [0.29, 0.717) is 0 Å². The molecule has 0 saturated carbocycles. The minimum atomic E-state index is -0.306. The van der Waals surface area contributed by atoms with Gasteiger partial charge in [0.2, 0.25) is 0 Å². The SMILES string of the molecule is CC1(C)c2cccc(N(c3ccc(-c4ccc5ccccc5c4)cc3)c3cccc(CC4(C)c5ccccc5-c5c4ccc4c5sc5cc(N(c6ccccc6)c6ccc(-c7ccc8ccccc8c7)cc6)ccc54)c3)c2-c2c1ccc1c2sc2ccccc21. The Morgan fingerprint density at radius 3 is 1.52 bits per heavy atom. The van der Waals surface area contributed by atoms with Gasteiger partial charge < -0.3 is 9.80 Å². The summed E-state index contributed by atoms with van der Waals surface area (Å²) in [6, 6.07) is 111. The van der Waals surface area contributed by atoms with E-state index in [1.54, 1.807) is 0 Å². The third kappa shape index (κ3) is 8.21. The third-order valence-electron chi connectivity index (χ3n) is 19.9. The maximum Gasteiger partial charge on any atom is 0.0543 e. The Labute approximate surface area is 532 Å². The summed E-state index contributed by atoms with van der Waals surface area (Å²) in [5.74, 6) is 0. The smallest absolute Gasteiger partial charge is 0.0543 e. The Kier molecular flexibility index (Phi) is 11.9. The lowest BCUT2D eigenvalue weighted by molar-refractivity contribution is 0.583. The first kappa shape index (κ1) is 52.7. The van der Waals surface area contributed by atoms with Crippen molar-refractivity contribution in [3.8, 4) is 44.5 Å². The standard InChI is InChI=1S/C86H60N2S2/c1-85(2)74-28-16-29-77(81(74)82-75(85)47-45-70-68-25-12-14-30-78(68)89-84(70)82)88(65-41-37-58(38-42-65)62-34-32-56-19-8-10-21-60(56)51-62)66-24-15-17-54(49-66)53-86(3)73-27-13-11-26-72(73)80-76(86)48-46-71-69-44-43-67(52-79(69)90-83(71)80)87(63-22-5-4-6-23-63)64-39-35-57(36-40-64)61-33-31-55-18-7-9-20-59(55)50-61/h4-52H,53H2,1-3H3. The zero-order chi connectivity index (χ0) is 59.8. The molecule has 2 aliphatic carbocycles. The molecule has 2 nitrogen and oxygen atoms in total. The molecular weight excluding hydrogens is 1130 g/mol. The van der Waals surface area contributed by atoms with Crippen LogP contribution in [0, 0.1) is 0 Å². The van der Waals surface area contributed by atoms with Gasteiger partial charge in [0, 0.05) is 96.3 Å². The van der Waals surface area contributed by atoms with Gasteiger partial charge in [-0.3, -0.25) is 0 Å². The highest BCUT2D eigenvalue weighted by Crippen LogP contribution is 2.59. The number of hydrogen-bond donors (Lipinski definition) is 0. The molecule has 0 bridgehead atoms. The molecule has 2 aromatic heterocycles. The van der Waals surface area contributed by atoms with Crippen LogP contribution in [0.4, 0.5) is 34.1 Å². The molecule has 0 N–H and O–H groups in total. The van der Waals surface area contributed by atoms with Gasteiger partial charge >= 0.3 is 0 Å². The van der Waals surface area contributed by atoms with Gasteiger partial charge in [0.05, 0.1) is 5.69 Å². The Balaban J connectivity index is 0.743. The zero-order valence-electron chi connectivity index (χ0n) is 50.2. The van der Waals surface area contributed by atoms with E-state index in [0.717, 1.165) is 34.9 Å². The van der Waals surface area contributed by atoms with Gasteiger partial charge in [-0.15, -0.1) is 22.7 Å². The first-order valence-corrected chi connectivity index (χ1v) is 33.0. The van der Waals surface area contributed by atoms with Crippen LogP contribution in [0.5, 0.6) is 0 Å². The van der Waals surface area contributed by atoms with Crippen LogP contribution in [0.25, 0.3) is 106 Å². The molecular formula is C86H60N2S2. The molecule has 16 aromatic rings. The Morgan fingerprint density at radius 2 is 0.800 bits per heavy atom. The maximum absolute atomic E-state index is 2.55. The van der Waals surface area contributed by atoms with Crippen LogP contribution in [0.3, 0.4) is 0 Å². The molecule has 2 aliphatic rings. The largest absolute Gasteiger partial charge is 0.310 e. The lowest BCUT2D eigenvalue weighted by Crippen LogP contribution is -2.24. The molecule has 2 heterocycles. The van der Waals surface area contributed by atoms with E-state index in [2.05, 4.69) is 328 Å². The fraction of sp³-hybridized carbons (Fsp3) is 0.0698. The Morgan fingerprint density at radius 1 is 0.300 bits per heavy atom. The van der Waals surface area contributed by atoms with Gasteiger partial charge in [0.25, 0.3) is 0 Å². The number of nitrogens with zero attached hydrogens (tertiary/aromatic N) is 2. The van der Waals surface area contributed by atoms with Crippen LogP contribution in [-0.4, -0.2) is 0 Å². The predicted molar refractivity (Wildman–Crippen MR) is 387 cm³/mol. The minimum absolute atomic E-state index is 0.201. The molecule has 0 saturated heterocycles. The van der Waals surface area contributed by atoms with Gasteiger partial charge in [-0.1, -0.05) is 233 Å². The molecule has 0 aliphatic heterocycles. The average Bonchev–Trinajstić information content (AvgIpc) is 1.56. The Hall–Kier alpha value is -10.4. The molecule has 14 aromatic carbocycles. The van der Waals surface area contributed by atoms with Gasteiger partial charge in [-0.25, -0.2) is 0 Å². The molecule has 426 valence electrons. The van der Waals surface area contributed by atoms with Gasteiger partial charge in [0.15, 0.2) is 0 Å². The lowest BCUT2D eigenvalue weighted by Gasteiger charge is -2.31. The van der Waals surface area contributed by atoms with Crippen LogP contribution in [0.2, 0.25) is 0 Å². The molecule has 0 spiro atoms.